The molecule has 0 bridgehead atoms. The molecule has 2 aliphatic rings. The van der Waals surface area contributed by atoms with Gasteiger partial charge in [-0.2, -0.15) is 0 Å². The summed E-state index contributed by atoms with van der Waals surface area (Å²) in [5.74, 6) is -3.40. The minimum atomic E-state index is -1.50. The molecule has 1 saturated heterocycles. The molecular formula is C16H14F3N3O3S. The fourth-order valence-electron chi connectivity index (χ4n) is 3.45. The van der Waals surface area contributed by atoms with Crippen LogP contribution in [-0.4, -0.2) is 48.5 Å². The molecule has 0 amide bonds. The highest BCUT2D eigenvalue weighted by Crippen LogP contribution is 2.48. The first kappa shape index (κ1) is 17.2. The number of fused-ring (bicyclic) bond motifs is 3. The lowest BCUT2D eigenvalue weighted by molar-refractivity contribution is 0.0689. The van der Waals surface area contributed by atoms with Crippen LogP contribution in [0.15, 0.2) is 15.9 Å². The number of pyridine rings is 1. The van der Waals surface area contributed by atoms with Crippen molar-refractivity contribution in [2.75, 3.05) is 37.8 Å². The second-order valence-electron chi connectivity index (χ2n) is 6.07. The number of thioether (sulfide) groups is 1. The van der Waals surface area contributed by atoms with Crippen LogP contribution in [0.4, 0.5) is 18.9 Å². The summed E-state index contributed by atoms with van der Waals surface area (Å²) in [7, 11) is 0. The quantitative estimate of drug-likeness (QED) is 0.842. The average molecular weight is 385 g/mol. The molecule has 4 rings (SSSR count). The van der Waals surface area contributed by atoms with Crippen molar-refractivity contribution in [1.29, 1.82) is 0 Å². The van der Waals surface area contributed by atoms with Crippen molar-refractivity contribution in [3.63, 3.8) is 0 Å². The van der Waals surface area contributed by atoms with Crippen molar-refractivity contribution >= 4 is 34.3 Å². The van der Waals surface area contributed by atoms with E-state index >= 15 is 4.39 Å². The minimum absolute atomic E-state index is 0.00517. The second-order valence-corrected chi connectivity index (χ2v) is 7.23. The number of benzene rings is 1. The van der Waals surface area contributed by atoms with E-state index in [9.17, 15) is 23.5 Å². The monoisotopic (exact) mass is 385 g/mol. The van der Waals surface area contributed by atoms with Crippen molar-refractivity contribution in [3.8, 4) is 0 Å². The number of carbonyl (C=O) groups is 1. The highest BCUT2D eigenvalue weighted by atomic mass is 32.2. The summed E-state index contributed by atoms with van der Waals surface area (Å²) < 4.78 is 44.3. The Bertz CT molecular complexity index is 989. The number of piperazine rings is 1. The zero-order chi connectivity index (χ0) is 18.6. The molecule has 1 aromatic heterocycles. The Labute approximate surface area is 149 Å². The number of aromatic nitrogens is 1. The maximum Gasteiger partial charge on any atom is 0.342 e. The molecule has 2 N–H and O–H groups in total. The Kier molecular flexibility index (Phi) is 4.11. The first-order valence-electron chi connectivity index (χ1n) is 7.97. The number of anilines is 1. The van der Waals surface area contributed by atoms with Crippen molar-refractivity contribution in [1.82, 2.24) is 9.88 Å². The van der Waals surface area contributed by atoms with Gasteiger partial charge in [0.05, 0.1) is 15.9 Å². The first-order valence-corrected chi connectivity index (χ1v) is 8.85. The predicted octanol–water partition coefficient (Wildman–Crippen LogP) is 1.96. The van der Waals surface area contributed by atoms with Gasteiger partial charge in [0.15, 0.2) is 5.82 Å². The van der Waals surface area contributed by atoms with Crippen LogP contribution < -0.4 is 15.6 Å². The number of carboxylic acids is 1. The summed E-state index contributed by atoms with van der Waals surface area (Å²) in [4.78, 5) is 25.5. The molecule has 1 aromatic carbocycles. The van der Waals surface area contributed by atoms with Gasteiger partial charge in [0.25, 0.3) is 0 Å². The number of nitrogens with zero attached hydrogens (tertiary/aromatic N) is 2. The maximum atomic E-state index is 15.3. The van der Waals surface area contributed by atoms with Crippen LogP contribution in [0.5, 0.6) is 0 Å². The van der Waals surface area contributed by atoms with Crippen LogP contribution in [0, 0.1) is 11.6 Å². The molecule has 26 heavy (non-hydrogen) atoms. The Morgan fingerprint density at radius 1 is 1.35 bits per heavy atom. The number of nitrogens with one attached hydrogen (secondary N) is 1. The fourth-order valence-corrected chi connectivity index (χ4v) is 4.56. The van der Waals surface area contributed by atoms with Gasteiger partial charge in [0.1, 0.15) is 29.1 Å². The number of hydrogen-bond donors (Lipinski definition) is 2. The molecule has 2 aromatic rings. The molecule has 138 valence electrons. The number of aromatic carboxylic acids is 1. The molecule has 0 saturated carbocycles. The normalized spacial score (nSPS) is 19.3. The molecule has 0 radical (unpaired) electrons. The van der Waals surface area contributed by atoms with Crippen molar-refractivity contribution in [2.24, 2.45) is 0 Å². The van der Waals surface area contributed by atoms with E-state index in [4.69, 9.17) is 0 Å². The summed E-state index contributed by atoms with van der Waals surface area (Å²) in [6.45, 7) is 0.996. The van der Waals surface area contributed by atoms with Crippen molar-refractivity contribution in [3.05, 3.63) is 33.5 Å². The molecule has 1 unspecified atom stereocenters. The topological polar surface area (TPSA) is 74.6 Å². The molecule has 1 fully saturated rings. The number of carboxylic acid groups (broad SMARTS) is 1. The summed E-state index contributed by atoms with van der Waals surface area (Å²) >= 11 is 0.861. The second kappa shape index (κ2) is 6.20. The van der Waals surface area contributed by atoms with E-state index in [-0.39, 0.29) is 16.2 Å². The lowest BCUT2D eigenvalue weighted by atomic mass is 10.1. The number of halogens is 3. The first-order chi connectivity index (χ1) is 12.5. The van der Waals surface area contributed by atoms with E-state index in [1.807, 2.05) is 0 Å². The van der Waals surface area contributed by atoms with E-state index in [1.165, 1.54) is 4.90 Å². The molecule has 0 aliphatic carbocycles. The van der Waals surface area contributed by atoms with Gasteiger partial charge in [-0.1, -0.05) is 11.8 Å². The van der Waals surface area contributed by atoms with Crippen LogP contribution in [0.1, 0.15) is 15.7 Å². The summed E-state index contributed by atoms with van der Waals surface area (Å²) in [5, 5.41) is 11.1. The zero-order valence-corrected chi connectivity index (χ0v) is 14.2. The van der Waals surface area contributed by atoms with Gasteiger partial charge < -0.3 is 19.9 Å². The number of rotatable bonds is 3. The maximum absolute atomic E-state index is 15.3. The SMILES string of the molecule is O=C(O)c1c2n(c3c(F)c(N4CCNCC4)c(F)cc3c1=O)C(CF)S2. The predicted molar refractivity (Wildman–Crippen MR) is 91.0 cm³/mol. The van der Waals surface area contributed by atoms with Crippen molar-refractivity contribution in [2.45, 2.75) is 10.4 Å². The van der Waals surface area contributed by atoms with Crippen LogP contribution in [0.2, 0.25) is 0 Å². The molecule has 1 atom stereocenters. The molecule has 2 aliphatic heterocycles. The van der Waals surface area contributed by atoms with E-state index in [1.54, 1.807) is 0 Å². The fraction of sp³-hybridized carbons (Fsp3) is 0.375. The van der Waals surface area contributed by atoms with Crippen molar-refractivity contribution < 1.29 is 23.1 Å². The third kappa shape index (κ3) is 2.32. The highest BCUT2D eigenvalue weighted by Gasteiger charge is 2.37. The van der Waals surface area contributed by atoms with Gasteiger partial charge in [-0.05, 0) is 6.07 Å². The smallest absolute Gasteiger partial charge is 0.342 e. The number of alkyl halides is 1. The molecule has 0 spiro atoms. The third-order valence-electron chi connectivity index (χ3n) is 4.63. The number of hydrogen-bond acceptors (Lipinski definition) is 5. The lowest BCUT2D eigenvalue weighted by Crippen LogP contribution is -2.44. The molecule has 6 nitrogen and oxygen atoms in total. The standard InChI is InChI=1S/C16H14F3N3O3S/c17-6-9-22-12-7(14(23)10(16(24)25)15(22)26-9)5-8(18)13(11(12)19)21-3-1-20-2-4-21/h5,9,20H,1-4,6H2,(H,24,25). The summed E-state index contributed by atoms with van der Waals surface area (Å²) in [5.41, 5.74) is -2.06. The van der Waals surface area contributed by atoms with Crippen LogP contribution in [0.25, 0.3) is 10.9 Å². The van der Waals surface area contributed by atoms with Gasteiger partial charge in [0.2, 0.25) is 5.43 Å². The largest absolute Gasteiger partial charge is 0.477 e. The highest BCUT2D eigenvalue weighted by molar-refractivity contribution is 8.00. The van der Waals surface area contributed by atoms with E-state index in [2.05, 4.69) is 5.32 Å². The lowest BCUT2D eigenvalue weighted by Gasteiger charge is -2.35. The van der Waals surface area contributed by atoms with E-state index < -0.39 is 46.0 Å². The van der Waals surface area contributed by atoms with Gasteiger partial charge in [-0.3, -0.25) is 4.79 Å². The van der Waals surface area contributed by atoms with Gasteiger partial charge in [-0.15, -0.1) is 0 Å². The van der Waals surface area contributed by atoms with Gasteiger partial charge in [-0.25, -0.2) is 18.0 Å². The summed E-state index contributed by atoms with van der Waals surface area (Å²) in [6, 6.07) is 0.857. The minimum Gasteiger partial charge on any atom is -0.477 e. The molecule has 10 heteroatoms. The van der Waals surface area contributed by atoms with Gasteiger partial charge in [0, 0.05) is 26.2 Å². The summed E-state index contributed by atoms with van der Waals surface area (Å²) in [6.07, 6.45) is 0. The van der Waals surface area contributed by atoms with E-state index in [0.717, 1.165) is 22.4 Å². The van der Waals surface area contributed by atoms with Crippen LogP contribution in [-0.2, 0) is 0 Å². The zero-order valence-electron chi connectivity index (χ0n) is 13.4. The Morgan fingerprint density at radius 3 is 2.65 bits per heavy atom. The third-order valence-corrected chi connectivity index (χ3v) is 5.86. The Hall–Kier alpha value is -2.20. The molecule has 3 heterocycles. The van der Waals surface area contributed by atoms with Crippen LogP contribution >= 0.6 is 11.8 Å². The van der Waals surface area contributed by atoms with Gasteiger partial charge >= 0.3 is 5.97 Å². The van der Waals surface area contributed by atoms with E-state index in [0.29, 0.717) is 26.2 Å². The van der Waals surface area contributed by atoms with Crippen LogP contribution in [0.3, 0.4) is 0 Å². The Balaban J connectivity index is 2.06. The molecular weight excluding hydrogens is 371 g/mol. The Morgan fingerprint density at radius 2 is 2.04 bits per heavy atom. The average Bonchev–Trinajstić information content (AvgIpc) is 2.59.